The van der Waals surface area contributed by atoms with Crippen LogP contribution < -0.4 is 4.74 Å². The first-order chi connectivity index (χ1) is 17.4. The predicted molar refractivity (Wildman–Crippen MR) is 138 cm³/mol. The lowest BCUT2D eigenvalue weighted by molar-refractivity contribution is 0.0325. The van der Waals surface area contributed by atoms with E-state index in [0.717, 1.165) is 17.7 Å². The molecular weight excluding hydrogens is 452 g/mol. The van der Waals surface area contributed by atoms with Crippen LogP contribution in [0, 0.1) is 17.2 Å². The van der Waals surface area contributed by atoms with Gasteiger partial charge in [-0.25, -0.2) is 4.98 Å². The average molecular weight is 485 g/mol. The van der Waals surface area contributed by atoms with Crippen LogP contribution in [0.5, 0.6) is 5.88 Å². The summed E-state index contributed by atoms with van der Waals surface area (Å²) in [6.07, 6.45) is 1.47. The van der Waals surface area contributed by atoms with E-state index in [1.165, 1.54) is 5.56 Å². The highest BCUT2D eigenvalue weighted by Crippen LogP contribution is 2.30. The van der Waals surface area contributed by atoms with E-state index in [-0.39, 0.29) is 30.6 Å². The zero-order valence-electron chi connectivity index (χ0n) is 21.0. The number of aliphatic hydroxyl groups is 1. The van der Waals surface area contributed by atoms with Gasteiger partial charge >= 0.3 is 0 Å². The van der Waals surface area contributed by atoms with Gasteiger partial charge in [0.15, 0.2) is 0 Å². The number of benzene rings is 2. The van der Waals surface area contributed by atoms with Crippen molar-refractivity contribution < 1.29 is 14.6 Å². The minimum absolute atomic E-state index is 0.0168. The van der Waals surface area contributed by atoms with Crippen molar-refractivity contribution in [2.75, 3.05) is 26.7 Å². The molecule has 2 heterocycles. The number of nitriles is 1. The van der Waals surface area contributed by atoms with Crippen molar-refractivity contribution in [1.82, 2.24) is 14.8 Å². The van der Waals surface area contributed by atoms with E-state index in [1.807, 2.05) is 37.3 Å². The molecule has 0 saturated carbocycles. The number of pyridine rings is 1. The number of rotatable bonds is 7. The third kappa shape index (κ3) is 5.73. The van der Waals surface area contributed by atoms with Gasteiger partial charge in [-0.05, 0) is 43.3 Å². The zero-order valence-corrected chi connectivity index (χ0v) is 21.0. The lowest BCUT2D eigenvalue weighted by Gasteiger charge is -2.37. The summed E-state index contributed by atoms with van der Waals surface area (Å²) in [7, 11) is 2.06. The Morgan fingerprint density at radius 1 is 1.19 bits per heavy atom. The number of aliphatic hydroxyl groups excluding tert-OH is 1. The molecule has 7 heteroatoms. The molecule has 1 amide bonds. The summed E-state index contributed by atoms with van der Waals surface area (Å²) in [6.45, 7) is 5.66. The van der Waals surface area contributed by atoms with Gasteiger partial charge in [-0.15, -0.1) is 0 Å². The first-order valence-electron chi connectivity index (χ1n) is 12.2. The Labute approximate surface area is 212 Å². The number of nitrogens with zero attached hydrogens (tertiary/aromatic N) is 4. The van der Waals surface area contributed by atoms with E-state index >= 15 is 0 Å². The van der Waals surface area contributed by atoms with Crippen molar-refractivity contribution in [3.05, 3.63) is 83.6 Å². The molecule has 36 heavy (non-hydrogen) atoms. The molecule has 4 rings (SSSR count). The third-order valence-electron chi connectivity index (χ3n) is 6.63. The molecule has 0 saturated heterocycles. The van der Waals surface area contributed by atoms with E-state index in [4.69, 9.17) is 4.74 Å². The molecule has 0 bridgehead atoms. The van der Waals surface area contributed by atoms with Gasteiger partial charge in [0.05, 0.1) is 24.3 Å². The normalized spacial score (nSPS) is 18.6. The van der Waals surface area contributed by atoms with Crippen LogP contribution in [-0.4, -0.2) is 64.7 Å². The van der Waals surface area contributed by atoms with Crippen LogP contribution in [-0.2, 0) is 6.54 Å². The fourth-order valence-electron chi connectivity index (χ4n) is 4.51. The van der Waals surface area contributed by atoms with Crippen LogP contribution in [0.2, 0.25) is 0 Å². The number of hydrogen-bond donors (Lipinski definition) is 1. The Balaban J connectivity index is 1.67. The molecule has 1 aromatic heterocycles. The molecule has 3 aromatic rings. The number of aromatic nitrogens is 1. The molecule has 2 aromatic carbocycles. The lowest BCUT2D eigenvalue weighted by atomic mass is 9.98. The Hall–Kier alpha value is -3.73. The number of amides is 1. The first-order valence-corrected chi connectivity index (χ1v) is 12.2. The topological polar surface area (TPSA) is 89.7 Å². The third-order valence-corrected chi connectivity index (χ3v) is 6.63. The highest BCUT2D eigenvalue weighted by Gasteiger charge is 2.34. The molecule has 1 aliphatic heterocycles. The molecular formula is C29H32N4O3. The van der Waals surface area contributed by atoms with E-state index in [1.54, 1.807) is 29.3 Å². The molecule has 1 aliphatic rings. The molecule has 0 aliphatic carbocycles. The molecule has 3 atom stereocenters. The second kappa shape index (κ2) is 11.3. The summed E-state index contributed by atoms with van der Waals surface area (Å²) in [5, 5.41) is 19.2. The molecule has 0 unspecified atom stereocenters. The Morgan fingerprint density at radius 3 is 2.69 bits per heavy atom. The summed E-state index contributed by atoms with van der Waals surface area (Å²) in [4.78, 5) is 22.1. The highest BCUT2D eigenvalue weighted by molar-refractivity contribution is 5.98. The van der Waals surface area contributed by atoms with Crippen molar-refractivity contribution >= 4 is 5.91 Å². The second-order valence-electron chi connectivity index (χ2n) is 9.57. The fraction of sp³-hybridized carbons (Fsp3) is 0.345. The monoisotopic (exact) mass is 484 g/mol. The molecule has 0 radical (unpaired) electrons. The number of fused-ring (bicyclic) bond motifs is 1. The van der Waals surface area contributed by atoms with Crippen molar-refractivity contribution in [1.29, 1.82) is 5.26 Å². The molecule has 0 fully saturated rings. The van der Waals surface area contributed by atoms with Gasteiger partial charge in [-0.3, -0.25) is 9.69 Å². The number of carbonyl (C=O) groups is 1. The fourth-order valence-corrected chi connectivity index (χ4v) is 4.51. The Morgan fingerprint density at radius 2 is 1.97 bits per heavy atom. The average Bonchev–Trinajstić information content (AvgIpc) is 2.90. The van der Waals surface area contributed by atoms with Crippen LogP contribution in [0.4, 0.5) is 0 Å². The summed E-state index contributed by atoms with van der Waals surface area (Å²) >= 11 is 0. The van der Waals surface area contributed by atoms with E-state index in [2.05, 4.69) is 42.1 Å². The van der Waals surface area contributed by atoms with Crippen molar-refractivity contribution in [2.24, 2.45) is 5.92 Å². The molecule has 7 nitrogen and oxygen atoms in total. The zero-order chi connectivity index (χ0) is 25.7. The first kappa shape index (κ1) is 25.4. The van der Waals surface area contributed by atoms with E-state index in [9.17, 15) is 15.2 Å². The standard InChI is InChI=1S/C29H32N4O3/c1-20-16-33(21(2)19-34)29(35)26-13-25(24-11-7-10-23(12-24)14-30)15-31-28(26)36-27(20)18-32(3)17-22-8-5-4-6-9-22/h4-13,15,20-21,27,34H,16-19H2,1-3H3/t20-,21+,27-/m0/s1. The van der Waals surface area contributed by atoms with Crippen molar-refractivity contribution in [3.8, 4) is 23.1 Å². The van der Waals surface area contributed by atoms with Gasteiger partial charge < -0.3 is 14.7 Å². The minimum atomic E-state index is -0.348. The van der Waals surface area contributed by atoms with Crippen LogP contribution in [0.25, 0.3) is 11.1 Å². The maximum absolute atomic E-state index is 13.6. The van der Waals surface area contributed by atoms with Crippen LogP contribution >= 0.6 is 0 Å². The summed E-state index contributed by atoms with van der Waals surface area (Å²) in [6, 6.07) is 21.0. The van der Waals surface area contributed by atoms with E-state index < -0.39 is 0 Å². The summed E-state index contributed by atoms with van der Waals surface area (Å²) in [5.41, 5.74) is 3.64. The van der Waals surface area contributed by atoms with Gasteiger partial charge in [0.25, 0.3) is 5.91 Å². The molecule has 1 N–H and O–H groups in total. The van der Waals surface area contributed by atoms with Gasteiger partial charge in [0.1, 0.15) is 11.7 Å². The van der Waals surface area contributed by atoms with Crippen LogP contribution in [0.15, 0.2) is 66.9 Å². The second-order valence-corrected chi connectivity index (χ2v) is 9.57. The number of hydrogen-bond acceptors (Lipinski definition) is 6. The Kier molecular flexibility index (Phi) is 7.99. The number of ether oxygens (including phenoxy) is 1. The van der Waals surface area contributed by atoms with Crippen LogP contribution in [0.3, 0.4) is 0 Å². The smallest absolute Gasteiger partial charge is 0.259 e. The lowest BCUT2D eigenvalue weighted by Crippen LogP contribution is -2.49. The maximum Gasteiger partial charge on any atom is 0.259 e. The summed E-state index contributed by atoms with van der Waals surface area (Å²) in [5.74, 6) is 0.0865. The predicted octanol–water partition coefficient (Wildman–Crippen LogP) is 3.97. The van der Waals surface area contributed by atoms with Gasteiger partial charge in [0, 0.05) is 37.3 Å². The summed E-state index contributed by atoms with van der Waals surface area (Å²) < 4.78 is 6.41. The van der Waals surface area contributed by atoms with Gasteiger partial charge in [0.2, 0.25) is 5.88 Å². The maximum atomic E-state index is 13.6. The van der Waals surface area contributed by atoms with E-state index in [0.29, 0.717) is 30.1 Å². The van der Waals surface area contributed by atoms with Gasteiger partial charge in [-0.2, -0.15) is 5.26 Å². The molecule has 186 valence electrons. The van der Waals surface area contributed by atoms with Crippen molar-refractivity contribution in [3.63, 3.8) is 0 Å². The quantitative estimate of drug-likeness (QED) is 0.546. The highest BCUT2D eigenvalue weighted by atomic mass is 16.5. The molecule has 0 spiro atoms. The van der Waals surface area contributed by atoms with Crippen LogP contribution in [0.1, 0.15) is 35.3 Å². The minimum Gasteiger partial charge on any atom is -0.472 e. The number of carbonyl (C=O) groups excluding carboxylic acids is 1. The van der Waals surface area contributed by atoms with Crippen molar-refractivity contribution in [2.45, 2.75) is 32.5 Å². The SMILES string of the molecule is C[C@H](CO)N1C[C@H](C)[C@H](CN(C)Cc2ccccc2)Oc2ncc(-c3cccc(C#N)c3)cc2C1=O. The Bertz CT molecular complexity index is 1240. The van der Waals surface area contributed by atoms with Gasteiger partial charge in [-0.1, -0.05) is 49.4 Å². The number of likely N-dealkylation sites (N-methyl/N-ethyl adjacent to an activating group) is 1. The largest absolute Gasteiger partial charge is 0.472 e.